The molecule has 0 saturated carbocycles. The molecule has 3 aromatic carbocycles. The maximum Gasteiger partial charge on any atom is 0.293 e. The minimum absolute atomic E-state index is 0.217. The number of imide groups is 1. The van der Waals surface area contributed by atoms with Crippen LogP contribution in [-0.2, 0) is 17.8 Å². The van der Waals surface area contributed by atoms with Crippen LogP contribution in [0.25, 0.3) is 6.08 Å². The van der Waals surface area contributed by atoms with Gasteiger partial charge in [-0.1, -0.05) is 72.3 Å². The molecule has 0 bridgehead atoms. The molecule has 0 radical (unpaired) electrons. The highest BCUT2D eigenvalue weighted by Crippen LogP contribution is 2.32. The maximum atomic E-state index is 12.7. The van der Waals surface area contributed by atoms with Gasteiger partial charge in [0, 0.05) is 6.54 Å². The van der Waals surface area contributed by atoms with Crippen molar-refractivity contribution in [1.29, 1.82) is 0 Å². The highest BCUT2D eigenvalue weighted by atomic mass is 32.2. The fourth-order valence-electron chi connectivity index (χ4n) is 3.36. The summed E-state index contributed by atoms with van der Waals surface area (Å²) < 4.78 is 5.85. The lowest BCUT2D eigenvalue weighted by Gasteiger charge is -2.12. The Bertz CT molecular complexity index is 1110. The van der Waals surface area contributed by atoms with Crippen LogP contribution in [0.1, 0.15) is 22.3 Å². The van der Waals surface area contributed by atoms with Gasteiger partial charge >= 0.3 is 0 Å². The van der Waals surface area contributed by atoms with Crippen molar-refractivity contribution in [2.45, 2.75) is 20.0 Å². The van der Waals surface area contributed by atoms with E-state index in [2.05, 4.69) is 19.1 Å². The molecule has 0 aromatic heterocycles. The summed E-state index contributed by atoms with van der Waals surface area (Å²) in [6.07, 6.45) is 2.41. The van der Waals surface area contributed by atoms with Crippen molar-refractivity contribution in [2.75, 3.05) is 6.54 Å². The van der Waals surface area contributed by atoms with Gasteiger partial charge in [0.1, 0.15) is 12.4 Å². The second-order valence-electron chi connectivity index (χ2n) is 7.42. The van der Waals surface area contributed by atoms with Crippen LogP contribution in [0, 0.1) is 6.92 Å². The predicted octanol–water partition coefficient (Wildman–Crippen LogP) is 5.85. The highest BCUT2D eigenvalue weighted by Gasteiger charge is 2.34. The lowest BCUT2D eigenvalue weighted by molar-refractivity contribution is -0.122. The summed E-state index contributed by atoms with van der Waals surface area (Å²) in [5.74, 6) is 0.528. The van der Waals surface area contributed by atoms with Crippen molar-refractivity contribution in [1.82, 2.24) is 4.90 Å². The molecular formula is C26H23NO3S. The van der Waals surface area contributed by atoms with Crippen LogP contribution in [0.3, 0.4) is 0 Å². The van der Waals surface area contributed by atoms with Crippen LogP contribution in [0.15, 0.2) is 83.8 Å². The number of hydrogen-bond donors (Lipinski definition) is 0. The van der Waals surface area contributed by atoms with Gasteiger partial charge in [-0.2, -0.15) is 0 Å². The minimum atomic E-state index is -0.231. The summed E-state index contributed by atoms with van der Waals surface area (Å²) in [6, 6.07) is 25.6. The fourth-order valence-corrected chi connectivity index (χ4v) is 4.22. The molecule has 4 rings (SSSR count). The third-order valence-electron chi connectivity index (χ3n) is 5.01. The Morgan fingerprint density at radius 2 is 1.65 bits per heavy atom. The monoisotopic (exact) mass is 429 g/mol. The Balaban J connectivity index is 1.36. The zero-order valence-corrected chi connectivity index (χ0v) is 18.1. The van der Waals surface area contributed by atoms with E-state index in [1.807, 2.05) is 66.7 Å². The van der Waals surface area contributed by atoms with Gasteiger partial charge in [-0.15, -0.1) is 0 Å². The quantitative estimate of drug-likeness (QED) is 0.442. The first-order chi connectivity index (χ1) is 15.1. The van der Waals surface area contributed by atoms with Crippen LogP contribution >= 0.6 is 11.8 Å². The molecule has 0 spiro atoms. The van der Waals surface area contributed by atoms with Crippen molar-refractivity contribution < 1.29 is 14.3 Å². The van der Waals surface area contributed by atoms with Gasteiger partial charge in [0.2, 0.25) is 0 Å². The Labute approximate surface area is 186 Å². The van der Waals surface area contributed by atoms with E-state index in [9.17, 15) is 9.59 Å². The molecule has 31 heavy (non-hydrogen) atoms. The molecule has 0 unspecified atom stereocenters. The van der Waals surface area contributed by atoms with Gasteiger partial charge in [0.15, 0.2) is 0 Å². The van der Waals surface area contributed by atoms with Gasteiger partial charge in [0.25, 0.3) is 11.1 Å². The van der Waals surface area contributed by atoms with E-state index in [1.165, 1.54) is 10.5 Å². The smallest absolute Gasteiger partial charge is 0.293 e. The number of amides is 2. The van der Waals surface area contributed by atoms with Crippen molar-refractivity contribution >= 4 is 29.0 Å². The van der Waals surface area contributed by atoms with Crippen LogP contribution in [0.4, 0.5) is 4.79 Å². The third-order valence-corrected chi connectivity index (χ3v) is 5.91. The van der Waals surface area contributed by atoms with E-state index in [0.717, 1.165) is 34.2 Å². The number of carbonyl (C=O) groups is 2. The maximum absolute atomic E-state index is 12.7. The Morgan fingerprint density at radius 1 is 0.903 bits per heavy atom. The number of carbonyl (C=O) groups excluding carboxylic acids is 2. The molecular weight excluding hydrogens is 406 g/mol. The summed E-state index contributed by atoms with van der Waals surface area (Å²) in [5.41, 5.74) is 4.28. The molecule has 0 N–H and O–H groups in total. The summed E-state index contributed by atoms with van der Waals surface area (Å²) in [6.45, 7) is 2.95. The van der Waals surface area contributed by atoms with E-state index in [0.29, 0.717) is 24.5 Å². The van der Waals surface area contributed by atoms with Crippen LogP contribution < -0.4 is 4.74 Å². The number of ether oxygens (including phenoxy) is 1. The molecule has 2 amide bonds. The zero-order valence-electron chi connectivity index (χ0n) is 17.3. The normalized spacial score (nSPS) is 15.0. The molecule has 3 aromatic rings. The summed E-state index contributed by atoms with van der Waals surface area (Å²) in [7, 11) is 0. The van der Waals surface area contributed by atoms with Crippen LogP contribution in [0.2, 0.25) is 0 Å². The average Bonchev–Trinajstić information content (AvgIpc) is 3.05. The number of hydrogen-bond acceptors (Lipinski definition) is 4. The standard InChI is InChI=1S/C26H23NO3S/c1-19-6-5-9-22(16-19)18-30-23-12-10-21(11-13-23)17-24-25(28)27(26(29)31-24)15-14-20-7-3-2-4-8-20/h2-13,16-17H,14-15,18H2,1H3/b24-17-. The molecule has 1 heterocycles. The fraction of sp³-hybridized carbons (Fsp3) is 0.154. The molecule has 0 atom stereocenters. The second-order valence-corrected chi connectivity index (χ2v) is 8.41. The first-order valence-electron chi connectivity index (χ1n) is 10.2. The van der Waals surface area contributed by atoms with Crippen LogP contribution in [-0.4, -0.2) is 22.6 Å². The molecule has 156 valence electrons. The van der Waals surface area contributed by atoms with E-state index < -0.39 is 0 Å². The molecule has 5 heteroatoms. The first-order valence-corrected chi connectivity index (χ1v) is 11.0. The van der Waals surface area contributed by atoms with E-state index in [4.69, 9.17) is 4.74 Å². The number of rotatable bonds is 7. The molecule has 1 aliphatic rings. The molecule has 1 saturated heterocycles. The number of thioether (sulfide) groups is 1. The minimum Gasteiger partial charge on any atom is -0.489 e. The van der Waals surface area contributed by atoms with Gasteiger partial charge in [-0.3, -0.25) is 14.5 Å². The molecule has 0 aliphatic carbocycles. The lowest BCUT2D eigenvalue weighted by atomic mass is 10.1. The van der Waals surface area contributed by atoms with Gasteiger partial charge in [-0.05, 0) is 60.0 Å². The largest absolute Gasteiger partial charge is 0.489 e. The number of aryl methyl sites for hydroxylation is 1. The summed E-state index contributed by atoms with van der Waals surface area (Å²) >= 11 is 0.992. The molecule has 1 aliphatic heterocycles. The summed E-state index contributed by atoms with van der Waals surface area (Å²) in [4.78, 5) is 26.8. The van der Waals surface area contributed by atoms with Gasteiger partial charge < -0.3 is 4.74 Å². The van der Waals surface area contributed by atoms with Crippen molar-refractivity contribution in [2.24, 2.45) is 0 Å². The van der Waals surface area contributed by atoms with Crippen LogP contribution in [0.5, 0.6) is 5.75 Å². The zero-order chi connectivity index (χ0) is 21.6. The summed E-state index contributed by atoms with van der Waals surface area (Å²) in [5, 5.41) is -0.217. The Kier molecular flexibility index (Phi) is 6.53. The van der Waals surface area contributed by atoms with E-state index >= 15 is 0 Å². The third kappa shape index (κ3) is 5.44. The topological polar surface area (TPSA) is 46.6 Å². The van der Waals surface area contributed by atoms with Gasteiger partial charge in [-0.25, -0.2) is 0 Å². The number of nitrogens with zero attached hydrogens (tertiary/aromatic N) is 1. The first kappa shape index (κ1) is 20.9. The van der Waals surface area contributed by atoms with Crippen molar-refractivity contribution in [3.05, 3.63) is 106 Å². The van der Waals surface area contributed by atoms with Crippen molar-refractivity contribution in [3.8, 4) is 5.75 Å². The lowest BCUT2D eigenvalue weighted by Crippen LogP contribution is -2.30. The predicted molar refractivity (Wildman–Crippen MR) is 125 cm³/mol. The SMILES string of the molecule is Cc1cccc(COc2ccc(/C=C3\SC(=O)N(CCc4ccccc4)C3=O)cc2)c1. The molecule has 1 fully saturated rings. The van der Waals surface area contributed by atoms with E-state index in [-0.39, 0.29) is 11.1 Å². The Hall–Kier alpha value is -3.31. The van der Waals surface area contributed by atoms with E-state index in [1.54, 1.807) is 6.08 Å². The van der Waals surface area contributed by atoms with Gasteiger partial charge in [0.05, 0.1) is 4.91 Å². The van der Waals surface area contributed by atoms with Crippen molar-refractivity contribution in [3.63, 3.8) is 0 Å². The Morgan fingerprint density at radius 3 is 2.39 bits per heavy atom. The molecule has 4 nitrogen and oxygen atoms in total. The highest BCUT2D eigenvalue weighted by molar-refractivity contribution is 8.18. The second kappa shape index (κ2) is 9.67. The number of benzene rings is 3. The average molecular weight is 430 g/mol.